The molecule has 2 aliphatic heterocycles. The summed E-state index contributed by atoms with van der Waals surface area (Å²) in [6, 6.07) is 5.76. The Morgan fingerprint density at radius 1 is 1.05 bits per heavy atom. The Balaban J connectivity index is 1.74. The molecule has 2 aliphatic rings. The first-order chi connectivity index (χ1) is 18.0. The zero-order chi connectivity index (χ0) is 29.2. The number of aryl methyl sites for hydroxylation is 1. The summed E-state index contributed by atoms with van der Waals surface area (Å²) in [5.41, 5.74) is 0.0120. The standard InChI is InChI=1S/C30H46ClN3O5/c1-20-10-9-11-24(31)23(20)18-33-17-21(2)30(19-33,16-25(35)38-28(3,4)5)26(36)32-22-12-14-34(15-13-22)27(37)39-29(6,7)8/h9-11,21-22H,12-19H2,1-8H3,(H,32,36)/t21-,30+/m1/s1. The average Bonchev–Trinajstić information content (AvgIpc) is 3.10. The van der Waals surface area contributed by atoms with Gasteiger partial charge < -0.3 is 19.7 Å². The van der Waals surface area contributed by atoms with Crippen molar-refractivity contribution in [2.45, 2.75) is 98.4 Å². The summed E-state index contributed by atoms with van der Waals surface area (Å²) in [5, 5.41) is 3.94. The molecular weight excluding hydrogens is 518 g/mol. The number of benzene rings is 1. The van der Waals surface area contributed by atoms with Crippen LogP contribution in [0.1, 0.15) is 78.9 Å². The number of halogens is 1. The van der Waals surface area contributed by atoms with E-state index in [4.69, 9.17) is 21.1 Å². The molecule has 9 heteroatoms. The maximum Gasteiger partial charge on any atom is 0.410 e. The van der Waals surface area contributed by atoms with E-state index in [0.717, 1.165) is 11.1 Å². The fourth-order valence-corrected chi connectivity index (χ4v) is 5.78. The predicted octanol–water partition coefficient (Wildman–Crippen LogP) is 5.33. The van der Waals surface area contributed by atoms with Crippen LogP contribution in [0.3, 0.4) is 0 Å². The molecule has 0 aliphatic carbocycles. The molecule has 3 rings (SSSR count). The van der Waals surface area contributed by atoms with Crippen molar-refractivity contribution < 1.29 is 23.9 Å². The monoisotopic (exact) mass is 563 g/mol. The number of nitrogens with one attached hydrogen (secondary N) is 1. The number of hydrogen-bond donors (Lipinski definition) is 1. The summed E-state index contributed by atoms with van der Waals surface area (Å²) in [4.78, 5) is 43.4. The van der Waals surface area contributed by atoms with Crippen molar-refractivity contribution in [1.82, 2.24) is 15.1 Å². The number of ether oxygens (including phenoxy) is 2. The van der Waals surface area contributed by atoms with Crippen molar-refractivity contribution in [1.29, 1.82) is 0 Å². The van der Waals surface area contributed by atoms with Crippen LogP contribution in [0.25, 0.3) is 0 Å². The van der Waals surface area contributed by atoms with E-state index in [9.17, 15) is 14.4 Å². The van der Waals surface area contributed by atoms with E-state index in [1.165, 1.54) is 0 Å². The molecule has 1 N–H and O–H groups in total. The van der Waals surface area contributed by atoms with Gasteiger partial charge in [0.25, 0.3) is 0 Å². The van der Waals surface area contributed by atoms with Crippen molar-refractivity contribution in [3.63, 3.8) is 0 Å². The highest BCUT2D eigenvalue weighted by atomic mass is 35.5. The van der Waals surface area contributed by atoms with E-state index >= 15 is 0 Å². The van der Waals surface area contributed by atoms with E-state index in [1.54, 1.807) is 4.90 Å². The highest BCUT2D eigenvalue weighted by Crippen LogP contribution is 2.41. The lowest BCUT2D eigenvalue weighted by molar-refractivity contribution is -0.161. The lowest BCUT2D eigenvalue weighted by Crippen LogP contribution is -2.54. The molecule has 2 heterocycles. The number of carbonyl (C=O) groups excluding carboxylic acids is 3. The molecule has 0 bridgehead atoms. The molecule has 1 aromatic rings. The van der Waals surface area contributed by atoms with Gasteiger partial charge >= 0.3 is 12.1 Å². The quantitative estimate of drug-likeness (QED) is 0.470. The molecule has 8 nitrogen and oxygen atoms in total. The minimum absolute atomic E-state index is 0.00598. The highest BCUT2D eigenvalue weighted by Gasteiger charge is 2.52. The Kier molecular flexibility index (Phi) is 9.64. The second-order valence-corrected chi connectivity index (χ2v) is 13.6. The van der Waals surface area contributed by atoms with E-state index < -0.39 is 16.6 Å². The molecule has 2 atom stereocenters. The molecule has 0 unspecified atom stereocenters. The van der Waals surface area contributed by atoms with Gasteiger partial charge in [-0.3, -0.25) is 14.5 Å². The first-order valence-corrected chi connectivity index (χ1v) is 14.3. The van der Waals surface area contributed by atoms with Crippen molar-refractivity contribution in [2.24, 2.45) is 11.3 Å². The smallest absolute Gasteiger partial charge is 0.410 e. The lowest BCUT2D eigenvalue weighted by Gasteiger charge is -2.37. The Bertz CT molecular complexity index is 1040. The number of piperidine rings is 1. The predicted molar refractivity (Wildman–Crippen MR) is 152 cm³/mol. The molecule has 218 valence electrons. The number of likely N-dealkylation sites (tertiary alicyclic amines) is 2. The number of esters is 1. The summed E-state index contributed by atoms with van der Waals surface area (Å²) < 4.78 is 11.2. The van der Waals surface area contributed by atoms with E-state index in [0.29, 0.717) is 50.6 Å². The molecule has 0 aromatic heterocycles. The molecule has 2 amide bonds. The third kappa shape index (κ3) is 8.34. The Hall–Kier alpha value is -2.32. The van der Waals surface area contributed by atoms with Crippen LogP contribution < -0.4 is 5.32 Å². The number of amides is 2. The molecular formula is C30H46ClN3O5. The molecule has 0 radical (unpaired) electrons. The van der Waals surface area contributed by atoms with Crippen molar-refractivity contribution >= 4 is 29.6 Å². The molecule has 2 saturated heterocycles. The summed E-state index contributed by atoms with van der Waals surface area (Å²) in [6.07, 6.45) is 0.935. The summed E-state index contributed by atoms with van der Waals surface area (Å²) in [5.74, 6) is -0.579. The van der Waals surface area contributed by atoms with Gasteiger partial charge in [-0.2, -0.15) is 0 Å². The van der Waals surface area contributed by atoms with Crippen molar-refractivity contribution in [2.75, 3.05) is 26.2 Å². The molecule has 1 aromatic carbocycles. The van der Waals surface area contributed by atoms with Gasteiger partial charge in [-0.1, -0.05) is 30.7 Å². The van der Waals surface area contributed by atoms with Gasteiger partial charge in [0, 0.05) is 43.8 Å². The first kappa shape index (κ1) is 31.2. The first-order valence-electron chi connectivity index (χ1n) is 14.0. The highest BCUT2D eigenvalue weighted by molar-refractivity contribution is 6.31. The van der Waals surface area contributed by atoms with Gasteiger partial charge in [0.2, 0.25) is 5.91 Å². The van der Waals surface area contributed by atoms with Crippen LogP contribution in [0.4, 0.5) is 4.79 Å². The zero-order valence-corrected chi connectivity index (χ0v) is 25.6. The van der Waals surface area contributed by atoms with Crippen LogP contribution in [0.15, 0.2) is 18.2 Å². The van der Waals surface area contributed by atoms with Gasteiger partial charge in [-0.05, 0) is 84.4 Å². The second-order valence-electron chi connectivity index (χ2n) is 13.2. The van der Waals surface area contributed by atoms with E-state index in [1.807, 2.05) is 73.6 Å². The summed E-state index contributed by atoms with van der Waals surface area (Å²) in [7, 11) is 0. The van der Waals surface area contributed by atoms with Gasteiger partial charge in [0.15, 0.2) is 0 Å². The van der Waals surface area contributed by atoms with Crippen molar-refractivity contribution in [3.05, 3.63) is 34.3 Å². The number of nitrogens with zero attached hydrogens (tertiary/aromatic N) is 2. The second kappa shape index (κ2) is 12.0. The fourth-order valence-electron chi connectivity index (χ4n) is 5.50. The normalized spacial score (nSPS) is 23.0. The van der Waals surface area contributed by atoms with Gasteiger partial charge in [0.05, 0.1) is 11.8 Å². The molecule has 0 saturated carbocycles. The number of hydrogen-bond acceptors (Lipinski definition) is 6. The SMILES string of the molecule is Cc1cccc(Cl)c1CN1C[C@@H](C)[C@@](CC(=O)OC(C)(C)C)(C(=O)NC2CCN(C(=O)OC(C)(C)C)CC2)C1. The Labute approximate surface area is 238 Å². The minimum Gasteiger partial charge on any atom is -0.460 e. The zero-order valence-electron chi connectivity index (χ0n) is 24.9. The van der Waals surface area contributed by atoms with Gasteiger partial charge in [-0.25, -0.2) is 4.79 Å². The van der Waals surface area contributed by atoms with Crippen LogP contribution in [-0.2, 0) is 25.6 Å². The minimum atomic E-state index is -0.931. The summed E-state index contributed by atoms with van der Waals surface area (Å²) >= 11 is 6.52. The van der Waals surface area contributed by atoms with Crippen LogP contribution >= 0.6 is 11.6 Å². The molecule has 39 heavy (non-hydrogen) atoms. The van der Waals surface area contributed by atoms with E-state index in [2.05, 4.69) is 10.2 Å². The maximum absolute atomic E-state index is 14.0. The van der Waals surface area contributed by atoms with Gasteiger partial charge in [0.1, 0.15) is 11.2 Å². The fraction of sp³-hybridized carbons (Fsp3) is 0.700. The lowest BCUT2D eigenvalue weighted by atomic mass is 9.75. The summed E-state index contributed by atoms with van der Waals surface area (Å²) in [6.45, 7) is 17.8. The van der Waals surface area contributed by atoms with Crippen LogP contribution in [0.2, 0.25) is 5.02 Å². The van der Waals surface area contributed by atoms with Gasteiger partial charge in [-0.15, -0.1) is 0 Å². The topological polar surface area (TPSA) is 88.2 Å². The third-order valence-corrected chi connectivity index (χ3v) is 7.88. The Morgan fingerprint density at radius 3 is 2.23 bits per heavy atom. The van der Waals surface area contributed by atoms with Crippen LogP contribution in [0, 0.1) is 18.3 Å². The molecule has 0 spiro atoms. The Morgan fingerprint density at radius 2 is 1.67 bits per heavy atom. The average molecular weight is 564 g/mol. The molecule has 2 fully saturated rings. The van der Waals surface area contributed by atoms with Crippen molar-refractivity contribution in [3.8, 4) is 0 Å². The largest absolute Gasteiger partial charge is 0.460 e. The van der Waals surface area contributed by atoms with Crippen LogP contribution in [0.5, 0.6) is 0 Å². The number of rotatable bonds is 6. The van der Waals surface area contributed by atoms with Crippen LogP contribution in [-0.4, -0.2) is 71.2 Å². The number of carbonyl (C=O) groups is 3. The maximum atomic E-state index is 14.0. The third-order valence-electron chi connectivity index (χ3n) is 7.53. The van der Waals surface area contributed by atoms with E-state index in [-0.39, 0.29) is 36.4 Å².